The highest BCUT2D eigenvalue weighted by molar-refractivity contribution is 6.09. The molecule has 6 nitrogen and oxygen atoms in total. The third-order valence-corrected chi connectivity index (χ3v) is 6.53. The van der Waals surface area contributed by atoms with Gasteiger partial charge in [0, 0.05) is 29.7 Å². The number of aryl methyl sites for hydroxylation is 2. The van der Waals surface area contributed by atoms with E-state index in [1.165, 1.54) is 35.7 Å². The van der Waals surface area contributed by atoms with E-state index in [2.05, 4.69) is 63.8 Å². The molecule has 1 aliphatic rings. The van der Waals surface area contributed by atoms with Gasteiger partial charge in [-0.3, -0.25) is 15.1 Å². The summed E-state index contributed by atoms with van der Waals surface area (Å²) in [5.74, 6) is 0. The maximum absolute atomic E-state index is 4.84. The molecule has 0 fully saturated rings. The quantitative estimate of drug-likeness (QED) is 0.308. The van der Waals surface area contributed by atoms with Crippen molar-refractivity contribution in [3.05, 3.63) is 96.2 Å². The van der Waals surface area contributed by atoms with E-state index in [4.69, 9.17) is 4.98 Å². The predicted octanol–water partition coefficient (Wildman–Crippen LogP) is 6.52. The van der Waals surface area contributed by atoms with Crippen LogP contribution in [0.1, 0.15) is 41.4 Å². The van der Waals surface area contributed by atoms with Crippen molar-refractivity contribution in [3.63, 3.8) is 0 Å². The molecule has 0 saturated carbocycles. The minimum Gasteiger partial charge on any atom is -0.353 e. The van der Waals surface area contributed by atoms with Crippen LogP contribution in [0.5, 0.6) is 0 Å². The Hall–Kier alpha value is -4.32. The van der Waals surface area contributed by atoms with Gasteiger partial charge in [0.1, 0.15) is 11.2 Å². The van der Waals surface area contributed by atoms with Crippen molar-refractivity contribution in [2.75, 3.05) is 5.32 Å². The Balaban J connectivity index is 1.46. The van der Waals surface area contributed by atoms with Crippen LogP contribution >= 0.6 is 0 Å². The van der Waals surface area contributed by atoms with Crippen molar-refractivity contribution in [1.29, 1.82) is 0 Å². The molecule has 0 saturated heterocycles. The average molecular weight is 461 g/mol. The first-order valence-electron chi connectivity index (χ1n) is 11.8. The number of H-pyrrole nitrogens is 1. The molecule has 4 aromatic rings. The minimum atomic E-state index is 0.652. The van der Waals surface area contributed by atoms with Gasteiger partial charge in [-0.15, -0.1) is 0 Å². The molecule has 174 valence electrons. The van der Waals surface area contributed by atoms with Crippen molar-refractivity contribution in [2.24, 2.45) is 4.99 Å². The second-order valence-corrected chi connectivity index (χ2v) is 8.67. The van der Waals surface area contributed by atoms with Gasteiger partial charge in [-0.2, -0.15) is 5.10 Å². The fraction of sp³-hybridized carbons (Fsp3) is 0.172. The molecule has 2 N–H and O–H groups in total. The monoisotopic (exact) mass is 460 g/mol. The number of anilines is 1. The van der Waals surface area contributed by atoms with E-state index in [9.17, 15) is 0 Å². The molecule has 5 rings (SSSR count). The molecule has 0 radical (unpaired) electrons. The number of pyridine rings is 2. The lowest BCUT2D eigenvalue weighted by molar-refractivity contribution is 0.912. The average Bonchev–Trinajstić information content (AvgIpc) is 3.52. The molecule has 1 aromatic carbocycles. The lowest BCUT2D eigenvalue weighted by atomic mass is 9.98. The SMILES string of the molecule is C=CN=C/C(=C\C)c1ccc2[nH]nc(C(=C)Nc3cncc(-c4ccc5c(c4)CCC5)c3C)c2n1. The summed E-state index contributed by atoms with van der Waals surface area (Å²) in [5, 5.41) is 11.0. The fourth-order valence-corrected chi connectivity index (χ4v) is 4.59. The Morgan fingerprint density at radius 2 is 2.00 bits per heavy atom. The highest BCUT2D eigenvalue weighted by atomic mass is 15.1. The first-order valence-corrected chi connectivity index (χ1v) is 11.8. The molecule has 0 amide bonds. The van der Waals surface area contributed by atoms with Crippen LogP contribution in [0.4, 0.5) is 5.69 Å². The van der Waals surface area contributed by atoms with Crippen molar-refractivity contribution in [3.8, 4) is 11.1 Å². The number of aromatic nitrogens is 4. The molecule has 3 aromatic heterocycles. The second-order valence-electron chi connectivity index (χ2n) is 8.67. The number of benzene rings is 1. The lowest BCUT2D eigenvalue weighted by Gasteiger charge is -2.14. The van der Waals surface area contributed by atoms with Crippen LogP contribution in [0, 0.1) is 6.92 Å². The molecule has 35 heavy (non-hydrogen) atoms. The van der Waals surface area contributed by atoms with Gasteiger partial charge in [-0.05, 0) is 67.5 Å². The molecular weight excluding hydrogens is 432 g/mol. The van der Waals surface area contributed by atoms with Crippen LogP contribution in [0.15, 0.2) is 73.2 Å². The Morgan fingerprint density at radius 3 is 2.83 bits per heavy atom. The molecule has 0 spiro atoms. The fourth-order valence-electron chi connectivity index (χ4n) is 4.59. The Bertz CT molecular complexity index is 1510. The topological polar surface area (TPSA) is 78.9 Å². The molecule has 0 aliphatic heterocycles. The van der Waals surface area contributed by atoms with Crippen molar-refractivity contribution in [2.45, 2.75) is 33.1 Å². The third kappa shape index (κ3) is 4.30. The van der Waals surface area contributed by atoms with Crippen LogP contribution in [0.3, 0.4) is 0 Å². The minimum absolute atomic E-state index is 0.652. The molecule has 0 atom stereocenters. The van der Waals surface area contributed by atoms with Gasteiger partial charge in [-0.1, -0.05) is 37.4 Å². The number of aromatic amines is 1. The predicted molar refractivity (Wildman–Crippen MR) is 145 cm³/mol. The number of rotatable bonds is 7. The van der Waals surface area contributed by atoms with Crippen molar-refractivity contribution < 1.29 is 0 Å². The molecule has 0 bridgehead atoms. The molecule has 1 aliphatic carbocycles. The standard InChI is InChI=1S/C29H28N6/c1-5-20(15-30-6-2)25-12-13-26-29(33-25)28(35-34-26)19(4)32-27-17-31-16-24(18(27)3)23-11-10-21-8-7-9-22(21)14-23/h5-6,10-17,32H,2,4,7-9H2,1,3H3,(H,34,35)/b20-5+,30-15?. The maximum Gasteiger partial charge on any atom is 0.134 e. The number of fused-ring (bicyclic) bond motifs is 2. The summed E-state index contributed by atoms with van der Waals surface area (Å²) in [6.07, 6.45) is 12.5. The van der Waals surface area contributed by atoms with Gasteiger partial charge in [0.2, 0.25) is 0 Å². The Labute approximate surface area is 205 Å². The largest absolute Gasteiger partial charge is 0.353 e. The van der Waals surface area contributed by atoms with Gasteiger partial charge in [-0.25, -0.2) is 4.98 Å². The van der Waals surface area contributed by atoms with Gasteiger partial charge in [0.25, 0.3) is 0 Å². The third-order valence-electron chi connectivity index (χ3n) is 6.53. The number of hydrogen-bond acceptors (Lipinski definition) is 5. The zero-order valence-electron chi connectivity index (χ0n) is 20.1. The summed E-state index contributed by atoms with van der Waals surface area (Å²) in [6, 6.07) is 10.7. The van der Waals surface area contributed by atoms with Crippen molar-refractivity contribution in [1.82, 2.24) is 20.2 Å². The first kappa shape index (κ1) is 22.5. The van der Waals surface area contributed by atoms with Crippen LogP contribution in [0.2, 0.25) is 0 Å². The zero-order valence-corrected chi connectivity index (χ0v) is 20.1. The van der Waals surface area contributed by atoms with E-state index < -0.39 is 0 Å². The van der Waals surface area contributed by atoms with Gasteiger partial charge < -0.3 is 5.32 Å². The van der Waals surface area contributed by atoms with E-state index in [-0.39, 0.29) is 0 Å². The normalized spacial score (nSPS) is 13.4. The number of nitrogens with zero attached hydrogens (tertiary/aromatic N) is 4. The van der Waals surface area contributed by atoms with E-state index in [1.807, 2.05) is 37.5 Å². The first-order chi connectivity index (χ1) is 17.1. The van der Waals surface area contributed by atoms with Gasteiger partial charge in [0.05, 0.1) is 28.8 Å². The maximum atomic E-state index is 4.84. The smallest absolute Gasteiger partial charge is 0.134 e. The summed E-state index contributed by atoms with van der Waals surface area (Å²) in [5.41, 5.74) is 11.8. The van der Waals surface area contributed by atoms with Crippen LogP contribution in [0.25, 0.3) is 33.4 Å². The van der Waals surface area contributed by atoms with Crippen LogP contribution in [-0.4, -0.2) is 26.4 Å². The summed E-state index contributed by atoms with van der Waals surface area (Å²) in [6.45, 7) is 12.0. The summed E-state index contributed by atoms with van der Waals surface area (Å²) < 4.78 is 0. The number of nitrogens with one attached hydrogen (secondary N) is 2. The van der Waals surface area contributed by atoms with Crippen molar-refractivity contribution >= 4 is 34.2 Å². The molecular formula is C29H28N6. The summed E-state index contributed by atoms with van der Waals surface area (Å²) in [4.78, 5) is 13.5. The van der Waals surface area contributed by atoms with E-state index in [0.717, 1.165) is 45.5 Å². The summed E-state index contributed by atoms with van der Waals surface area (Å²) >= 11 is 0. The highest BCUT2D eigenvalue weighted by Gasteiger charge is 2.16. The van der Waals surface area contributed by atoms with Crippen LogP contribution < -0.4 is 5.32 Å². The van der Waals surface area contributed by atoms with Crippen LogP contribution in [-0.2, 0) is 12.8 Å². The second kappa shape index (κ2) is 9.50. The number of hydrogen-bond donors (Lipinski definition) is 2. The Morgan fingerprint density at radius 1 is 1.14 bits per heavy atom. The lowest BCUT2D eigenvalue weighted by Crippen LogP contribution is -2.02. The highest BCUT2D eigenvalue weighted by Crippen LogP contribution is 2.33. The molecule has 3 heterocycles. The summed E-state index contributed by atoms with van der Waals surface area (Å²) in [7, 11) is 0. The zero-order chi connectivity index (χ0) is 24.4. The van der Waals surface area contributed by atoms with E-state index >= 15 is 0 Å². The molecule has 0 unspecified atom stereocenters. The van der Waals surface area contributed by atoms with E-state index in [1.54, 1.807) is 6.21 Å². The van der Waals surface area contributed by atoms with E-state index in [0.29, 0.717) is 11.4 Å². The van der Waals surface area contributed by atoms with Gasteiger partial charge >= 0.3 is 0 Å². The number of allylic oxidation sites excluding steroid dienone is 2. The molecule has 6 heteroatoms. The Kier molecular flexibility index (Phi) is 6.10. The van der Waals surface area contributed by atoms with Gasteiger partial charge in [0.15, 0.2) is 0 Å². The number of aliphatic imine (C=N–C) groups is 1.